The van der Waals surface area contributed by atoms with Gasteiger partial charge in [0.1, 0.15) is 16.6 Å². The van der Waals surface area contributed by atoms with Crippen molar-refractivity contribution in [2.45, 2.75) is 11.5 Å². The van der Waals surface area contributed by atoms with Crippen molar-refractivity contribution in [3.63, 3.8) is 0 Å². The highest BCUT2D eigenvalue weighted by molar-refractivity contribution is 7.97. The number of aromatic nitrogens is 2. The Labute approximate surface area is 156 Å². The highest BCUT2D eigenvalue weighted by Crippen LogP contribution is 2.23. The fourth-order valence-electron chi connectivity index (χ4n) is 2.01. The molecule has 3 rings (SSSR count). The molecule has 2 aromatic carbocycles. The van der Waals surface area contributed by atoms with Crippen LogP contribution < -0.4 is 10.6 Å². The van der Waals surface area contributed by atoms with E-state index in [0.717, 1.165) is 16.3 Å². The van der Waals surface area contributed by atoms with Crippen LogP contribution >= 0.6 is 23.1 Å². The van der Waals surface area contributed by atoms with Gasteiger partial charge < -0.3 is 5.32 Å². The number of rotatable bonds is 6. The molecule has 1 aromatic heterocycles. The van der Waals surface area contributed by atoms with Crippen LogP contribution in [0.3, 0.4) is 0 Å². The minimum Gasteiger partial charge on any atom is -0.305 e. The van der Waals surface area contributed by atoms with Crippen molar-refractivity contribution in [2.24, 2.45) is 0 Å². The van der Waals surface area contributed by atoms with E-state index in [1.165, 1.54) is 35.6 Å². The van der Waals surface area contributed by atoms with Crippen LogP contribution in [0, 0.1) is 11.6 Å². The van der Waals surface area contributed by atoms with Crippen LogP contribution in [0.2, 0.25) is 0 Å². The summed E-state index contributed by atoms with van der Waals surface area (Å²) in [5.41, 5.74) is 1.10. The lowest BCUT2D eigenvalue weighted by atomic mass is 10.2. The first kappa shape index (κ1) is 18.3. The van der Waals surface area contributed by atoms with E-state index in [0.29, 0.717) is 10.9 Å². The van der Waals surface area contributed by atoms with Crippen LogP contribution in [0.4, 0.5) is 24.4 Å². The normalized spacial score (nSPS) is 10.5. The fraction of sp³-hybridized carbons (Fsp3) is 0.118. The Kier molecular flexibility index (Phi) is 6.13. The molecular formula is C17H14F2N4OS2. The number of thioether (sulfide) groups is 1. The van der Waals surface area contributed by atoms with Crippen LogP contribution in [0.1, 0.15) is 10.6 Å². The van der Waals surface area contributed by atoms with Crippen LogP contribution in [-0.4, -0.2) is 16.2 Å². The van der Waals surface area contributed by atoms with Gasteiger partial charge in [-0.05, 0) is 29.8 Å². The summed E-state index contributed by atoms with van der Waals surface area (Å²) in [4.78, 5) is 11.9. The van der Waals surface area contributed by atoms with Crippen molar-refractivity contribution in [3.8, 4) is 0 Å². The van der Waals surface area contributed by atoms with Crippen molar-refractivity contribution >= 4 is 39.9 Å². The van der Waals surface area contributed by atoms with Crippen molar-refractivity contribution < 1.29 is 13.6 Å². The van der Waals surface area contributed by atoms with E-state index in [1.54, 1.807) is 36.0 Å². The Morgan fingerprint density at radius 3 is 2.54 bits per heavy atom. The molecule has 0 aliphatic carbocycles. The number of amides is 2. The third-order valence-corrected chi connectivity index (χ3v) is 5.25. The van der Waals surface area contributed by atoms with Gasteiger partial charge in [-0.15, -0.1) is 22.0 Å². The van der Waals surface area contributed by atoms with Crippen molar-refractivity contribution in [3.05, 3.63) is 70.7 Å². The molecule has 2 amide bonds. The van der Waals surface area contributed by atoms with Gasteiger partial charge in [0.25, 0.3) is 0 Å². The SMILES string of the molecule is O=C(Nc1nnc(CSCc2ccc(F)cc2)s1)Nc1ccccc1F. The van der Waals surface area contributed by atoms with Crippen LogP contribution in [0.25, 0.3) is 0 Å². The molecule has 0 atom stereocenters. The third kappa shape index (κ3) is 5.24. The molecule has 0 bridgehead atoms. The second-order valence-corrected chi connectivity index (χ2v) is 7.23. The Hall–Kier alpha value is -2.52. The second-order valence-electron chi connectivity index (χ2n) is 5.18. The standard InChI is InChI=1S/C17H14F2N4OS2/c18-12-7-5-11(6-8-12)9-25-10-15-22-23-17(26-15)21-16(24)20-14-4-2-1-3-13(14)19/h1-8H,9-10H2,(H2,20,21,23,24). The summed E-state index contributed by atoms with van der Waals surface area (Å²) >= 11 is 2.85. The van der Waals surface area contributed by atoms with Gasteiger partial charge >= 0.3 is 6.03 Å². The van der Waals surface area contributed by atoms with Gasteiger partial charge in [-0.2, -0.15) is 0 Å². The summed E-state index contributed by atoms with van der Waals surface area (Å²) in [6, 6.07) is 11.6. The minimum atomic E-state index is -0.586. The van der Waals surface area contributed by atoms with Crippen LogP contribution in [-0.2, 0) is 11.5 Å². The van der Waals surface area contributed by atoms with E-state index >= 15 is 0 Å². The van der Waals surface area contributed by atoms with Gasteiger partial charge in [0, 0.05) is 11.5 Å². The molecule has 5 nitrogen and oxygen atoms in total. The minimum absolute atomic E-state index is 0.0876. The summed E-state index contributed by atoms with van der Waals surface area (Å²) in [5.74, 6) is 0.562. The smallest absolute Gasteiger partial charge is 0.305 e. The number of nitrogens with zero attached hydrogens (tertiary/aromatic N) is 2. The molecular weight excluding hydrogens is 378 g/mol. The molecule has 0 saturated carbocycles. The number of carbonyl (C=O) groups is 1. The molecule has 0 unspecified atom stereocenters. The zero-order valence-electron chi connectivity index (χ0n) is 13.4. The Bertz CT molecular complexity index is 886. The quantitative estimate of drug-likeness (QED) is 0.627. The number of benzene rings is 2. The first-order valence-corrected chi connectivity index (χ1v) is 9.54. The van der Waals surface area contributed by atoms with Gasteiger partial charge in [-0.3, -0.25) is 5.32 Å². The molecule has 0 fully saturated rings. The lowest BCUT2D eigenvalue weighted by Crippen LogP contribution is -2.19. The molecule has 0 aliphatic rings. The molecule has 0 aliphatic heterocycles. The summed E-state index contributed by atoms with van der Waals surface area (Å²) < 4.78 is 26.4. The van der Waals surface area contributed by atoms with Crippen molar-refractivity contribution in [1.29, 1.82) is 0 Å². The van der Waals surface area contributed by atoms with Gasteiger partial charge in [0.2, 0.25) is 5.13 Å². The number of hydrogen-bond donors (Lipinski definition) is 2. The predicted octanol–water partition coefficient (Wildman–Crippen LogP) is 4.89. The average molecular weight is 392 g/mol. The first-order chi connectivity index (χ1) is 12.6. The molecule has 26 heavy (non-hydrogen) atoms. The van der Waals surface area contributed by atoms with Gasteiger partial charge in [0.15, 0.2) is 0 Å². The zero-order chi connectivity index (χ0) is 18.4. The molecule has 3 aromatic rings. The molecule has 0 saturated heterocycles. The number of urea groups is 1. The highest BCUT2D eigenvalue weighted by atomic mass is 32.2. The monoisotopic (exact) mass is 392 g/mol. The molecule has 1 heterocycles. The third-order valence-electron chi connectivity index (χ3n) is 3.22. The van der Waals surface area contributed by atoms with E-state index in [-0.39, 0.29) is 11.5 Å². The predicted molar refractivity (Wildman–Crippen MR) is 100 cm³/mol. The Morgan fingerprint density at radius 2 is 1.77 bits per heavy atom. The van der Waals surface area contributed by atoms with Crippen molar-refractivity contribution in [2.75, 3.05) is 10.6 Å². The number of para-hydroxylation sites is 1. The van der Waals surface area contributed by atoms with Gasteiger partial charge in [-0.1, -0.05) is 35.6 Å². The Morgan fingerprint density at radius 1 is 1.00 bits per heavy atom. The topological polar surface area (TPSA) is 66.9 Å². The molecule has 9 heteroatoms. The Balaban J connectivity index is 1.47. The maximum Gasteiger partial charge on any atom is 0.325 e. The van der Waals surface area contributed by atoms with Crippen LogP contribution in [0.5, 0.6) is 0 Å². The van der Waals surface area contributed by atoms with E-state index in [1.807, 2.05) is 0 Å². The van der Waals surface area contributed by atoms with E-state index in [2.05, 4.69) is 20.8 Å². The van der Waals surface area contributed by atoms with Crippen molar-refractivity contribution in [1.82, 2.24) is 10.2 Å². The van der Waals surface area contributed by atoms with E-state index in [4.69, 9.17) is 0 Å². The summed E-state index contributed by atoms with van der Waals surface area (Å²) in [6.45, 7) is 0. The first-order valence-electron chi connectivity index (χ1n) is 7.57. The number of nitrogens with one attached hydrogen (secondary N) is 2. The summed E-state index contributed by atoms with van der Waals surface area (Å²) in [7, 11) is 0. The lowest BCUT2D eigenvalue weighted by molar-refractivity contribution is 0.262. The van der Waals surface area contributed by atoms with Gasteiger partial charge in [0.05, 0.1) is 5.69 Å². The molecule has 0 spiro atoms. The lowest BCUT2D eigenvalue weighted by Gasteiger charge is -2.05. The highest BCUT2D eigenvalue weighted by Gasteiger charge is 2.10. The number of carbonyl (C=O) groups excluding carboxylic acids is 1. The van der Waals surface area contributed by atoms with E-state index in [9.17, 15) is 13.6 Å². The largest absolute Gasteiger partial charge is 0.325 e. The fourth-order valence-corrected chi connectivity index (χ4v) is 3.79. The summed E-state index contributed by atoms with van der Waals surface area (Å²) in [6.07, 6.45) is 0. The summed E-state index contributed by atoms with van der Waals surface area (Å²) in [5, 5.41) is 13.9. The maximum absolute atomic E-state index is 13.5. The second kappa shape index (κ2) is 8.72. The molecule has 134 valence electrons. The van der Waals surface area contributed by atoms with Crippen LogP contribution in [0.15, 0.2) is 48.5 Å². The average Bonchev–Trinajstić information content (AvgIpc) is 3.06. The molecule has 2 N–H and O–H groups in total. The number of hydrogen-bond acceptors (Lipinski definition) is 5. The van der Waals surface area contributed by atoms with E-state index < -0.39 is 11.8 Å². The number of halogens is 2. The molecule has 0 radical (unpaired) electrons. The zero-order valence-corrected chi connectivity index (χ0v) is 15.0. The maximum atomic E-state index is 13.5. The number of anilines is 2. The van der Waals surface area contributed by atoms with Gasteiger partial charge in [-0.25, -0.2) is 13.6 Å².